The number of hydrogen-bond donors (Lipinski definition) is 2. The maximum atomic E-state index is 11.9. The fraction of sp³-hybridized carbons (Fsp3) is 0.875. The van der Waals surface area contributed by atoms with Gasteiger partial charge in [0.25, 0.3) is 0 Å². The number of sulfonamides is 1. The molecular formula is C8H17N3O3S. The third-order valence-corrected chi connectivity index (χ3v) is 4.87. The molecule has 3 N–H and O–H groups in total. The second-order valence-electron chi connectivity index (χ2n) is 3.89. The van der Waals surface area contributed by atoms with Gasteiger partial charge >= 0.3 is 0 Å². The highest BCUT2D eigenvalue weighted by atomic mass is 32.2. The number of rotatable bonds is 3. The van der Waals surface area contributed by atoms with Gasteiger partial charge in [-0.2, -0.15) is 4.31 Å². The van der Waals surface area contributed by atoms with Gasteiger partial charge < -0.3 is 10.9 Å². The SMILES string of the molecule is CC(C)S(=O)(=O)N1CCCC1C(N)=NO. The summed E-state index contributed by atoms with van der Waals surface area (Å²) in [6, 6.07) is -0.484. The van der Waals surface area contributed by atoms with Crippen LogP contribution in [-0.2, 0) is 10.0 Å². The molecule has 0 aliphatic carbocycles. The third-order valence-electron chi connectivity index (χ3n) is 2.58. The van der Waals surface area contributed by atoms with Crippen LogP contribution in [0.5, 0.6) is 0 Å². The zero-order valence-corrected chi connectivity index (χ0v) is 9.74. The Bertz CT molecular complexity index is 350. The molecule has 0 bridgehead atoms. The van der Waals surface area contributed by atoms with Gasteiger partial charge in [0.05, 0.1) is 11.3 Å². The molecule has 0 aromatic carbocycles. The monoisotopic (exact) mass is 235 g/mol. The van der Waals surface area contributed by atoms with Crippen LogP contribution in [0.1, 0.15) is 26.7 Å². The Labute approximate surface area is 89.8 Å². The summed E-state index contributed by atoms with van der Waals surface area (Å²) in [5.41, 5.74) is 5.46. The van der Waals surface area contributed by atoms with Crippen molar-refractivity contribution in [2.75, 3.05) is 6.54 Å². The lowest BCUT2D eigenvalue weighted by atomic mass is 10.2. The quantitative estimate of drug-likeness (QED) is 0.310. The summed E-state index contributed by atoms with van der Waals surface area (Å²) in [6.07, 6.45) is 1.36. The normalized spacial score (nSPS) is 25.0. The first-order valence-corrected chi connectivity index (χ1v) is 6.39. The largest absolute Gasteiger partial charge is 0.409 e. The molecule has 0 radical (unpaired) electrons. The Morgan fingerprint density at radius 1 is 1.60 bits per heavy atom. The molecule has 1 saturated heterocycles. The smallest absolute Gasteiger partial charge is 0.217 e. The number of nitrogens with two attached hydrogens (primary N) is 1. The average Bonchev–Trinajstić information content (AvgIpc) is 2.65. The number of hydrogen-bond acceptors (Lipinski definition) is 4. The van der Waals surface area contributed by atoms with Crippen LogP contribution in [-0.4, -0.2) is 41.6 Å². The zero-order valence-electron chi connectivity index (χ0n) is 8.92. The van der Waals surface area contributed by atoms with Gasteiger partial charge in [-0.1, -0.05) is 5.16 Å². The van der Waals surface area contributed by atoms with Crippen molar-refractivity contribution in [2.24, 2.45) is 10.9 Å². The van der Waals surface area contributed by atoms with Crippen LogP contribution in [0.25, 0.3) is 0 Å². The summed E-state index contributed by atoms with van der Waals surface area (Å²) in [5.74, 6) is -0.0308. The van der Waals surface area contributed by atoms with Crippen LogP contribution in [0.3, 0.4) is 0 Å². The van der Waals surface area contributed by atoms with Crippen LogP contribution in [0.4, 0.5) is 0 Å². The molecule has 88 valence electrons. The van der Waals surface area contributed by atoms with Crippen LogP contribution < -0.4 is 5.73 Å². The zero-order chi connectivity index (χ0) is 11.6. The summed E-state index contributed by atoms with van der Waals surface area (Å²) >= 11 is 0. The summed E-state index contributed by atoms with van der Waals surface area (Å²) in [6.45, 7) is 3.69. The first-order chi connectivity index (χ1) is 6.91. The molecule has 0 aromatic rings. The van der Waals surface area contributed by atoms with Crippen LogP contribution in [0, 0.1) is 0 Å². The van der Waals surface area contributed by atoms with Crippen LogP contribution in [0.15, 0.2) is 5.16 Å². The second kappa shape index (κ2) is 4.36. The Balaban J connectivity index is 2.96. The van der Waals surface area contributed by atoms with E-state index in [-0.39, 0.29) is 5.84 Å². The molecule has 0 aromatic heterocycles. The van der Waals surface area contributed by atoms with E-state index in [0.29, 0.717) is 13.0 Å². The summed E-state index contributed by atoms with van der Waals surface area (Å²) in [7, 11) is -3.32. The van der Waals surface area contributed by atoms with E-state index in [4.69, 9.17) is 10.9 Å². The van der Waals surface area contributed by atoms with E-state index < -0.39 is 21.3 Å². The molecule has 0 spiro atoms. The van der Waals surface area contributed by atoms with Gasteiger partial charge in [-0.05, 0) is 26.7 Å². The molecule has 0 amide bonds. The highest BCUT2D eigenvalue weighted by Crippen LogP contribution is 2.23. The van der Waals surface area contributed by atoms with Crippen molar-refractivity contribution in [2.45, 2.75) is 38.0 Å². The van der Waals surface area contributed by atoms with Gasteiger partial charge in [0.1, 0.15) is 0 Å². The highest BCUT2D eigenvalue weighted by molar-refractivity contribution is 7.89. The molecule has 15 heavy (non-hydrogen) atoms. The van der Waals surface area contributed by atoms with E-state index >= 15 is 0 Å². The van der Waals surface area contributed by atoms with E-state index in [9.17, 15) is 8.42 Å². The maximum Gasteiger partial charge on any atom is 0.217 e. The van der Waals surface area contributed by atoms with E-state index in [0.717, 1.165) is 6.42 Å². The van der Waals surface area contributed by atoms with Gasteiger partial charge in [0.15, 0.2) is 5.84 Å². The van der Waals surface area contributed by atoms with E-state index in [1.54, 1.807) is 13.8 Å². The van der Waals surface area contributed by atoms with Crippen LogP contribution >= 0.6 is 0 Å². The summed E-state index contributed by atoms with van der Waals surface area (Å²) in [5, 5.41) is 11.0. The lowest BCUT2D eigenvalue weighted by Gasteiger charge is -2.24. The minimum Gasteiger partial charge on any atom is -0.409 e. The fourth-order valence-electron chi connectivity index (χ4n) is 1.68. The molecule has 1 rings (SSSR count). The first-order valence-electron chi connectivity index (χ1n) is 4.89. The molecule has 0 saturated carbocycles. The van der Waals surface area contributed by atoms with Crippen molar-refractivity contribution in [3.05, 3.63) is 0 Å². The van der Waals surface area contributed by atoms with Crippen molar-refractivity contribution in [3.8, 4) is 0 Å². The van der Waals surface area contributed by atoms with Crippen LogP contribution in [0.2, 0.25) is 0 Å². The molecule has 1 atom stereocenters. The van der Waals surface area contributed by atoms with Crippen molar-refractivity contribution >= 4 is 15.9 Å². The maximum absolute atomic E-state index is 11.9. The fourth-order valence-corrected chi connectivity index (χ4v) is 3.17. The Kier molecular flexibility index (Phi) is 3.56. The minimum absolute atomic E-state index is 0.0308. The van der Waals surface area contributed by atoms with Crippen molar-refractivity contribution in [1.82, 2.24) is 4.31 Å². The lowest BCUT2D eigenvalue weighted by Crippen LogP contribution is -2.46. The van der Waals surface area contributed by atoms with E-state index in [1.807, 2.05) is 0 Å². The van der Waals surface area contributed by atoms with Crippen molar-refractivity contribution in [1.29, 1.82) is 0 Å². The molecule has 1 heterocycles. The Morgan fingerprint density at radius 2 is 2.20 bits per heavy atom. The van der Waals surface area contributed by atoms with E-state index in [2.05, 4.69) is 5.16 Å². The molecule has 6 nitrogen and oxygen atoms in total. The van der Waals surface area contributed by atoms with Gasteiger partial charge in [-0.25, -0.2) is 8.42 Å². The number of oxime groups is 1. The van der Waals surface area contributed by atoms with Gasteiger partial charge in [0, 0.05) is 6.54 Å². The topological polar surface area (TPSA) is 96.0 Å². The Hall–Kier alpha value is -0.820. The minimum atomic E-state index is -3.32. The molecule has 1 aliphatic heterocycles. The van der Waals surface area contributed by atoms with Gasteiger partial charge in [0.2, 0.25) is 10.0 Å². The Morgan fingerprint density at radius 3 is 2.67 bits per heavy atom. The molecule has 1 unspecified atom stereocenters. The molecular weight excluding hydrogens is 218 g/mol. The predicted molar refractivity (Wildman–Crippen MR) is 57.2 cm³/mol. The molecule has 1 aliphatic rings. The number of nitrogens with zero attached hydrogens (tertiary/aromatic N) is 2. The first kappa shape index (κ1) is 12.3. The van der Waals surface area contributed by atoms with Gasteiger partial charge in [-0.3, -0.25) is 0 Å². The van der Waals surface area contributed by atoms with Gasteiger partial charge in [-0.15, -0.1) is 0 Å². The van der Waals surface area contributed by atoms with Crippen molar-refractivity contribution in [3.63, 3.8) is 0 Å². The number of amidine groups is 1. The standard InChI is InChI=1S/C8H17N3O3S/c1-6(2)15(13,14)11-5-3-4-7(11)8(9)10-12/h6-7,12H,3-5H2,1-2H3,(H2,9,10). The molecule has 7 heteroatoms. The molecule has 1 fully saturated rings. The lowest BCUT2D eigenvalue weighted by molar-refractivity contribution is 0.311. The summed E-state index contributed by atoms with van der Waals surface area (Å²) < 4.78 is 25.1. The van der Waals surface area contributed by atoms with E-state index in [1.165, 1.54) is 4.31 Å². The van der Waals surface area contributed by atoms with Crippen molar-refractivity contribution < 1.29 is 13.6 Å². The third kappa shape index (κ3) is 2.23. The summed E-state index contributed by atoms with van der Waals surface area (Å²) in [4.78, 5) is 0. The average molecular weight is 235 g/mol. The second-order valence-corrected chi connectivity index (χ2v) is 6.33. The highest BCUT2D eigenvalue weighted by Gasteiger charge is 2.38. The predicted octanol–water partition coefficient (Wildman–Crippen LogP) is -0.0646.